The maximum atomic E-state index is 13.4. The van der Waals surface area contributed by atoms with Gasteiger partial charge in [-0.15, -0.1) is 0 Å². The van der Waals surface area contributed by atoms with Crippen LogP contribution in [0.5, 0.6) is 0 Å². The van der Waals surface area contributed by atoms with Crippen LogP contribution in [0.25, 0.3) is 28.2 Å². The lowest BCUT2D eigenvalue weighted by Crippen LogP contribution is -2.39. The molecule has 5 heteroatoms. The van der Waals surface area contributed by atoms with Crippen LogP contribution >= 0.6 is 11.8 Å². The monoisotopic (exact) mass is 543 g/mol. The van der Waals surface area contributed by atoms with E-state index < -0.39 is 0 Å². The highest BCUT2D eigenvalue weighted by Crippen LogP contribution is 2.38. The van der Waals surface area contributed by atoms with Gasteiger partial charge in [0.2, 0.25) is 5.91 Å². The molecule has 4 aromatic carbocycles. The number of carbonyl (C=O) groups is 1. The van der Waals surface area contributed by atoms with E-state index in [2.05, 4.69) is 83.4 Å². The van der Waals surface area contributed by atoms with Crippen molar-refractivity contribution >= 4 is 17.7 Å². The van der Waals surface area contributed by atoms with Crippen LogP contribution in [0.2, 0.25) is 0 Å². The fourth-order valence-electron chi connectivity index (χ4n) is 5.52. The van der Waals surface area contributed by atoms with Gasteiger partial charge in [0.15, 0.2) is 5.16 Å². The SMILES string of the molecule is O=C(CSc1nc(-c2ccccc2)c(-c2ccccc2)n1-c1ccccc1)N1CCC(Cc2ccccc2)CC1. The van der Waals surface area contributed by atoms with Gasteiger partial charge in [0, 0.05) is 29.9 Å². The summed E-state index contributed by atoms with van der Waals surface area (Å²) in [6.45, 7) is 1.66. The summed E-state index contributed by atoms with van der Waals surface area (Å²) in [6, 6.07) is 41.7. The fourth-order valence-corrected chi connectivity index (χ4v) is 6.44. The number of rotatable bonds is 8. The molecular formula is C35H33N3OS. The summed E-state index contributed by atoms with van der Waals surface area (Å²) < 4.78 is 2.21. The lowest BCUT2D eigenvalue weighted by molar-refractivity contribution is -0.129. The van der Waals surface area contributed by atoms with Crippen LogP contribution in [-0.2, 0) is 11.2 Å². The number of hydrogen-bond donors (Lipinski definition) is 0. The molecule has 0 radical (unpaired) electrons. The number of piperidine rings is 1. The van der Waals surface area contributed by atoms with Crippen LogP contribution in [0, 0.1) is 5.92 Å². The van der Waals surface area contributed by atoms with E-state index in [1.54, 1.807) is 0 Å². The number of imidazole rings is 1. The maximum Gasteiger partial charge on any atom is 0.233 e. The molecule has 0 saturated carbocycles. The summed E-state index contributed by atoms with van der Waals surface area (Å²) in [4.78, 5) is 20.6. The van der Waals surface area contributed by atoms with Crippen molar-refractivity contribution in [2.24, 2.45) is 5.92 Å². The Morgan fingerprint density at radius 2 is 1.27 bits per heavy atom. The number of carbonyl (C=O) groups excluding carboxylic acids is 1. The molecule has 1 aliphatic rings. The third-order valence-corrected chi connectivity index (χ3v) is 8.54. The van der Waals surface area contributed by atoms with E-state index in [0.29, 0.717) is 11.7 Å². The minimum atomic E-state index is 0.188. The predicted octanol–water partition coefficient (Wildman–Crippen LogP) is 7.78. The van der Waals surface area contributed by atoms with Gasteiger partial charge in [-0.1, -0.05) is 121 Å². The standard InChI is InChI=1S/C35H33N3OS/c39-32(37-23-21-28(22-24-37)25-27-13-5-1-6-14-27)26-40-35-36-33(29-15-7-2-8-16-29)34(30-17-9-3-10-18-30)38(35)31-19-11-4-12-20-31/h1-20,28H,21-26H2. The normalized spacial score (nSPS) is 13.8. The molecule has 2 heterocycles. The number of para-hydroxylation sites is 1. The zero-order valence-corrected chi connectivity index (χ0v) is 23.3. The molecule has 4 nitrogen and oxygen atoms in total. The average molecular weight is 544 g/mol. The van der Waals surface area contributed by atoms with Gasteiger partial charge in [-0.3, -0.25) is 9.36 Å². The van der Waals surface area contributed by atoms with E-state index in [1.807, 2.05) is 47.4 Å². The number of thioether (sulfide) groups is 1. The number of benzene rings is 4. The third-order valence-electron chi connectivity index (χ3n) is 7.61. The molecule has 0 unspecified atom stereocenters. The highest BCUT2D eigenvalue weighted by Gasteiger charge is 2.25. The topological polar surface area (TPSA) is 38.1 Å². The van der Waals surface area contributed by atoms with Gasteiger partial charge >= 0.3 is 0 Å². The molecule has 6 rings (SSSR count). The molecule has 0 aliphatic carbocycles. The molecule has 5 aromatic rings. The van der Waals surface area contributed by atoms with Crippen molar-refractivity contribution in [3.63, 3.8) is 0 Å². The van der Waals surface area contributed by atoms with Gasteiger partial charge in [-0.2, -0.15) is 0 Å². The first-order valence-electron chi connectivity index (χ1n) is 14.0. The Kier molecular flexibility index (Phi) is 8.10. The van der Waals surface area contributed by atoms with E-state index >= 15 is 0 Å². The summed E-state index contributed by atoms with van der Waals surface area (Å²) in [5, 5.41) is 0.830. The first-order chi connectivity index (χ1) is 19.8. The smallest absolute Gasteiger partial charge is 0.233 e. The molecule has 0 atom stereocenters. The Morgan fingerprint density at radius 1 is 0.725 bits per heavy atom. The zero-order chi connectivity index (χ0) is 27.1. The van der Waals surface area contributed by atoms with Gasteiger partial charge in [-0.25, -0.2) is 4.98 Å². The van der Waals surface area contributed by atoms with Gasteiger partial charge < -0.3 is 4.90 Å². The Bertz CT molecular complexity index is 1530. The van der Waals surface area contributed by atoms with Crippen molar-refractivity contribution in [1.29, 1.82) is 0 Å². The van der Waals surface area contributed by atoms with Crippen molar-refractivity contribution in [2.45, 2.75) is 24.4 Å². The van der Waals surface area contributed by atoms with E-state index in [-0.39, 0.29) is 5.91 Å². The molecule has 1 aliphatic heterocycles. The van der Waals surface area contributed by atoms with Gasteiger partial charge in [0.05, 0.1) is 17.1 Å². The minimum absolute atomic E-state index is 0.188. The molecule has 1 saturated heterocycles. The van der Waals surface area contributed by atoms with Crippen molar-refractivity contribution < 1.29 is 4.79 Å². The summed E-state index contributed by atoms with van der Waals surface area (Å²) in [5.41, 5.74) is 6.54. The summed E-state index contributed by atoms with van der Waals surface area (Å²) in [5.74, 6) is 1.20. The lowest BCUT2D eigenvalue weighted by Gasteiger charge is -2.32. The van der Waals surface area contributed by atoms with Crippen LogP contribution in [0.1, 0.15) is 18.4 Å². The molecule has 0 N–H and O–H groups in total. The number of likely N-dealkylation sites (tertiary alicyclic amines) is 1. The zero-order valence-electron chi connectivity index (χ0n) is 22.5. The van der Waals surface area contributed by atoms with Crippen molar-refractivity contribution in [3.05, 3.63) is 127 Å². The lowest BCUT2D eigenvalue weighted by atomic mass is 9.90. The summed E-state index contributed by atoms with van der Waals surface area (Å²) in [7, 11) is 0. The predicted molar refractivity (Wildman–Crippen MR) is 165 cm³/mol. The molecule has 0 spiro atoms. The van der Waals surface area contributed by atoms with Gasteiger partial charge in [0.25, 0.3) is 0 Å². The van der Waals surface area contributed by atoms with Crippen LogP contribution in [-0.4, -0.2) is 39.2 Å². The Hall–Kier alpha value is -4.09. The second-order valence-corrected chi connectivity index (χ2v) is 11.2. The largest absolute Gasteiger partial charge is 0.342 e. The van der Waals surface area contributed by atoms with Crippen LogP contribution in [0.4, 0.5) is 0 Å². The first-order valence-corrected chi connectivity index (χ1v) is 15.0. The van der Waals surface area contributed by atoms with Crippen molar-refractivity contribution in [2.75, 3.05) is 18.8 Å². The van der Waals surface area contributed by atoms with E-state index in [0.717, 1.165) is 65.7 Å². The minimum Gasteiger partial charge on any atom is -0.342 e. The summed E-state index contributed by atoms with van der Waals surface area (Å²) >= 11 is 1.53. The number of aromatic nitrogens is 2. The first kappa shape index (κ1) is 26.1. The van der Waals surface area contributed by atoms with E-state index in [1.165, 1.54) is 17.3 Å². The van der Waals surface area contributed by atoms with Crippen molar-refractivity contribution in [1.82, 2.24) is 14.5 Å². The maximum absolute atomic E-state index is 13.4. The van der Waals surface area contributed by atoms with Gasteiger partial charge in [0.1, 0.15) is 0 Å². The second kappa shape index (κ2) is 12.4. The Morgan fingerprint density at radius 3 is 1.90 bits per heavy atom. The quantitative estimate of drug-likeness (QED) is 0.188. The number of hydrogen-bond acceptors (Lipinski definition) is 3. The van der Waals surface area contributed by atoms with Crippen LogP contribution in [0.3, 0.4) is 0 Å². The van der Waals surface area contributed by atoms with Crippen LogP contribution in [0.15, 0.2) is 126 Å². The molecule has 1 aromatic heterocycles. The number of nitrogens with zero attached hydrogens (tertiary/aromatic N) is 3. The third kappa shape index (κ3) is 5.90. The highest BCUT2D eigenvalue weighted by molar-refractivity contribution is 7.99. The van der Waals surface area contributed by atoms with Gasteiger partial charge in [-0.05, 0) is 42.9 Å². The Balaban J connectivity index is 1.25. The van der Waals surface area contributed by atoms with Crippen LogP contribution < -0.4 is 0 Å². The summed E-state index contributed by atoms with van der Waals surface area (Å²) in [6.07, 6.45) is 3.21. The Labute approximate surface area is 240 Å². The van der Waals surface area contributed by atoms with Crippen molar-refractivity contribution in [3.8, 4) is 28.2 Å². The average Bonchev–Trinajstić information content (AvgIpc) is 3.42. The molecule has 1 fully saturated rings. The molecule has 1 amide bonds. The fraction of sp³-hybridized carbons (Fsp3) is 0.200. The van der Waals surface area contributed by atoms with E-state index in [4.69, 9.17) is 4.98 Å². The highest BCUT2D eigenvalue weighted by atomic mass is 32.2. The number of amides is 1. The molecule has 0 bridgehead atoms. The molecule has 40 heavy (non-hydrogen) atoms. The second-order valence-electron chi connectivity index (χ2n) is 10.3. The molecule has 200 valence electrons. The molecular weight excluding hydrogens is 510 g/mol. The van der Waals surface area contributed by atoms with E-state index in [9.17, 15) is 4.79 Å².